The molecule has 2 aromatic rings. The standard InChI is InChI=1S/C10H6ClNS/c11-7-1-2-8-6(3-7)4-9-10(8)12-5-13-9/h1-3,5H,4H2. The van der Waals surface area contributed by atoms with E-state index in [0.29, 0.717) is 0 Å². The Morgan fingerprint density at radius 1 is 1.38 bits per heavy atom. The quantitative estimate of drug-likeness (QED) is 0.551. The molecule has 0 bridgehead atoms. The fourth-order valence-electron chi connectivity index (χ4n) is 1.73. The van der Waals surface area contributed by atoms with Crippen LogP contribution in [0.2, 0.25) is 5.02 Å². The number of aromatic nitrogens is 1. The highest BCUT2D eigenvalue weighted by Crippen LogP contribution is 2.38. The van der Waals surface area contributed by atoms with Gasteiger partial charge in [0.2, 0.25) is 0 Å². The molecule has 0 radical (unpaired) electrons. The second kappa shape index (κ2) is 2.56. The molecule has 1 heterocycles. The summed E-state index contributed by atoms with van der Waals surface area (Å²) in [5, 5.41) is 0.814. The normalized spacial score (nSPS) is 12.7. The maximum absolute atomic E-state index is 5.92. The monoisotopic (exact) mass is 207 g/mol. The van der Waals surface area contributed by atoms with E-state index in [4.69, 9.17) is 11.6 Å². The van der Waals surface area contributed by atoms with Crippen LogP contribution in [0, 0.1) is 0 Å². The lowest BCUT2D eigenvalue weighted by Crippen LogP contribution is -1.79. The zero-order valence-electron chi connectivity index (χ0n) is 6.75. The van der Waals surface area contributed by atoms with E-state index in [2.05, 4.69) is 11.1 Å². The smallest absolute Gasteiger partial charge is 0.0849 e. The summed E-state index contributed by atoms with van der Waals surface area (Å²) in [5.74, 6) is 0. The van der Waals surface area contributed by atoms with Crippen LogP contribution in [0.5, 0.6) is 0 Å². The van der Waals surface area contributed by atoms with Gasteiger partial charge in [0.15, 0.2) is 0 Å². The number of benzene rings is 1. The number of rotatable bonds is 0. The fraction of sp³-hybridized carbons (Fsp3) is 0.100. The molecule has 64 valence electrons. The van der Waals surface area contributed by atoms with Crippen molar-refractivity contribution in [2.45, 2.75) is 6.42 Å². The van der Waals surface area contributed by atoms with Crippen LogP contribution in [0.25, 0.3) is 11.3 Å². The third-order valence-electron chi connectivity index (χ3n) is 2.31. The Morgan fingerprint density at radius 2 is 2.31 bits per heavy atom. The van der Waals surface area contributed by atoms with Gasteiger partial charge in [-0.3, -0.25) is 0 Å². The van der Waals surface area contributed by atoms with Crippen molar-refractivity contribution in [2.24, 2.45) is 0 Å². The molecule has 1 aliphatic carbocycles. The Kier molecular flexibility index (Phi) is 1.49. The topological polar surface area (TPSA) is 12.9 Å². The van der Waals surface area contributed by atoms with Crippen molar-refractivity contribution in [3.05, 3.63) is 39.2 Å². The van der Waals surface area contributed by atoms with Crippen LogP contribution in [-0.2, 0) is 6.42 Å². The van der Waals surface area contributed by atoms with E-state index >= 15 is 0 Å². The summed E-state index contributed by atoms with van der Waals surface area (Å²) < 4.78 is 0. The average molecular weight is 208 g/mol. The molecule has 0 saturated carbocycles. The molecule has 0 saturated heterocycles. The molecule has 0 fully saturated rings. The van der Waals surface area contributed by atoms with Gasteiger partial charge in [-0.25, -0.2) is 4.98 Å². The number of thiazole rings is 1. The summed E-state index contributed by atoms with van der Waals surface area (Å²) in [6.07, 6.45) is 0.996. The van der Waals surface area contributed by atoms with Crippen molar-refractivity contribution in [3.63, 3.8) is 0 Å². The third kappa shape index (κ3) is 1.02. The molecule has 3 rings (SSSR count). The van der Waals surface area contributed by atoms with Gasteiger partial charge >= 0.3 is 0 Å². The van der Waals surface area contributed by atoms with E-state index in [0.717, 1.165) is 17.1 Å². The van der Waals surface area contributed by atoms with Crippen LogP contribution in [0.15, 0.2) is 23.7 Å². The molecule has 3 heteroatoms. The minimum atomic E-state index is 0.814. The Bertz CT molecular complexity index is 476. The van der Waals surface area contributed by atoms with E-state index in [1.54, 1.807) is 11.3 Å². The van der Waals surface area contributed by atoms with E-state index in [1.807, 2.05) is 17.6 Å². The molecule has 0 aliphatic heterocycles. The van der Waals surface area contributed by atoms with Crippen LogP contribution in [-0.4, -0.2) is 4.98 Å². The first kappa shape index (κ1) is 7.54. The first-order valence-electron chi connectivity index (χ1n) is 4.06. The van der Waals surface area contributed by atoms with E-state index in [1.165, 1.54) is 16.0 Å². The van der Waals surface area contributed by atoms with Gasteiger partial charge in [0.1, 0.15) is 0 Å². The number of hydrogen-bond acceptors (Lipinski definition) is 2. The minimum Gasteiger partial charge on any atom is -0.244 e. The van der Waals surface area contributed by atoms with Crippen molar-refractivity contribution in [3.8, 4) is 11.3 Å². The van der Waals surface area contributed by atoms with Crippen molar-refractivity contribution in [1.82, 2.24) is 4.98 Å². The van der Waals surface area contributed by atoms with Crippen LogP contribution in [0.3, 0.4) is 0 Å². The van der Waals surface area contributed by atoms with E-state index in [-0.39, 0.29) is 0 Å². The largest absolute Gasteiger partial charge is 0.244 e. The van der Waals surface area contributed by atoms with Crippen LogP contribution < -0.4 is 0 Å². The summed E-state index contributed by atoms with van der Waals surface area (Å²) in [6.45, 7) is 0. The summed E-state index contributed by atoms with van der Waals surface area (Å²) in [5.41, 5.74) is 5.61. The Balaban J connectivity index is 2.29. The zero-order valence-corrected chi connectivity index (χ0v) is 8.32. The second-order valence-corrected chi connectivity index (χ2v) is 4.48. The molecular weight excluding hydrogens is 202 g/mol. The number of nitrogens with zero attached hydrogens (tertiary/aromatic N) is 1. The Labute approximate surface area is 85.0 Å². The van der Waals surface area contributed by atoms with Crippen molar-refractivity contribution in [2.75, 3.05) is 0 Å². The lowest BCUT2D eigenvalue weighted by Gasteiger charge is -1.97. The second-order valence-electron chi connectivity index (χ2n) is 3.10. The molecule has 1 nitrogen and oxygen atoms in total. The molecule has 0 N–H and O–H groups in total. The number of halogens is 1. The van der Waals surface area contributed by atoms with Gasteiger partial charge in [-0.1, -0.05) is 17.7 Å². The van der Waals surface area contributed by atoms with Gasteiger partial charge in [-0.15, -0.1) is 11.3 Å². The highest BCUT2D eigenvalue weighted by atomic mass is 35.5. The highest BCUT2D eigenvalue weighted by Gasteiger charge is 2.20. The van der Waals surface area contributed by atoms with Gasteiger partial charge in [-0.05, 0) is 17.7 Å². The molecule has 13 heavy (non-hydrogen) atoms. The molecule has 0 atom stereocenters. The number of fused-ring (bicyclic) bond motifs is 3. The highest BCUT2D eigenvalue weighted by molar-refractivity contribution is 7.10. The third-order valence-corrected chi connectivity index (χ3v) is 3.38. The number of hydrogen-bond donors (Lipinski definition) is 0. The van der Waals surface area contributed by atoms with E-state index < -0.39 is 0 Å². The molecule has 0 amide bonds. The lowest BCUT2D eigenvalue weighted by molar-refractivity contribution is 1.31. The van der Waals surface area contributed by atoms with Crippen molar-refractivity contribution < 1.29 is 0 Å². The average Bonchev–Trinajstić information content (AvgIpc) is 2.62. The summed E-state index contributed by atoms with van der Waals surface area (Å²) in [6, 6.07) is 6.02. The maximum Gasteiger partial charge on any atom is 0.0849 e. The predicted octanol–water partition coefficient (Wildman–Crippen LogP) is 3.37. The zero-order chi connectivity index (χ0) is 8.84. The van der Waals surface area contributed by atoms with Crippen LogP contribution >= 0.6 is 22.9 Å². The Hall–Kier alpha value is -0.860. The van der Waals surface area contributed by atoms with Crippen molar-refractivity contribution in [1.29, 1.82) is 0 Å². The van der Waals surface area contributed by atoms with Crippen molar-refractivity contribution >= 4 is 22.9 Å². The summed E-state index contributed by atoms with van der Waals surface area (Å²) in [7, 11) is 0. The van der Waals surface area contributed by atoms with Gasteiger partial charge in [0, 0.05) is 21.9 Å². The molecule has 1 aromatic heterocycles. The van der Waals surface area contributed by atoms with Gasteiger partial charge in [0.05, 0.1) is 11.2 Å². The van der Waals surface area contributed by atoms with Gasteiger partial charge in [0.25, 0.3) is 0 Å². The first-order valence-corrected chi connectivity index (χ1v) is 5.31. The van der Waals surface area contributed by atoms with Gasteiger partial charge < -0.3 is 0 Å². The maximum atomic E-state index is 5.92. The molecule has 0 unspecified atom stereocenters. The minimum absolute atomic E-state index is 0.814. The fourth-order valence-corrected chi connectivity index (χ4v) is 2.72. The van der Waals surface area contributed by atoms with Gasteiger partial charge in [-0.2, -0.15) is 0 Å². The van der Waals surface area contributed by atoms with Crippen LogP contribution in [0.4, 0.5) is 0 Å². The molecule has 1 aliphatic rings. The molecule has 1 aromatic carbocycles. The summed E-state index contributed by atoms with van der Waals surface area (Å²) >= 11 is 7.64. The van der Waals surface area contributed by atoms with E-state index in [9.17, 15) is 0 Å². The Morgan fingerprint density at radius 3 is 3.23 bits per heavy atom. The predicted molar refractivity (Wildman–Crippen MR) is 55.4 cm³/mol. The molecular formula is C10H6ClNS. The SMILES string of the molecule is Clc1ccc2c(c1)Cc1scnc1-2. The lowest BCUT2D eigenvalue weighted by atomic mass is 10.1. The molecule has 0 spiro atoms. The summed E-state index contributed by atoms with van der Waals surface area (Å²) in [4.78, 5) is 5.70. The van der Waals surface area contributed by atoms with Crippen LogP contribution in [0.1, 0.15) is 10.4 Å². The first-order chi connectivity index (χ1) is 6.34.